The van der Waals surface area contributed by atoms with Crippen molar-refractivity contribution in [1.29, 1.82) is 0 Å². The lowest BCUT2D eigenvalue weighted by Crippen LogP contribution is -2.46. The van der Waals surface area contributed by atoms with Gasteiger partial charge in [0.2, 0.25) is 0 Å². The summed E-state index contributed by atoms with van der Waals surface area (Å²) in [5.74, 6) is 2.20. The number of rotatable bonds is 2. The molecule has 1 N–H and O–H groups in total. The van der Waals surface area contributed by atoms with Crippen LogP contribution in [-0.4, -0.2) is 13.7 Å². The Morgan fingerprint density at radius 1 is 1.25 bits per heavy atom. The Kier molecular flexibility index (Phi) is 3.48. The third kappa shape index (κ3) is 2.10. The Morgan fingerprint density at radius 2 is 2.08 bits per heavy atom. The van der Waals surface area contributed by atoms with E-state index in [1.54, 1.807) is 7.11 Å². The van der Waals surface area contributed by atoms with Crippen molar-refractivity contribution in [2.45, 2.75) is 38.6 Å². The number of ether oxygens (including phenoxy) is 2. The lowest BCUT2D eigenvalue weighted by molar-refractivity contribution is 0.133. The minimum absolute atomic E-state index is 0.0367. The molecule has 2 aromatic carbocycles. The van der Waals surface area contributed by atoms with Crippen LogP contribution >= 0.6 is 0 Å². The van der Waals surface area contributed by atoms with Crippen molar-refractivity contribution < 1.29 is 9.47 Å². The second-order valence-electron chi connectivity index (χ2n) is 7.37. The highest BCUT2D eigenvalue weighted by molar-refractivity contribution is 5.63. The third-order valence-corrected chi connectivity index (χ3v) is 5.80. The maximum atomic E-state index is 6.12. The summed E-state index contributed by atoms with van der Waals surface area (Å²) >= 11 is 0. The fourth-order valence-electron chi connectivity index (χ4n) is 4.25. The number of aryl methyl sites for hydroxylation is 1. The molecule has 126 valence electrons. The van der Waals surface area contributed by atoms with Crippen molar-refractivity contribution in [1.82, 2.24) is 0 Å². The predicted octanol–water partition coefficient (Wildman–Crippen LogP) is 4.71. The molecule has 2 aliphatic rings. The molecule has 0 amide bonds. The van der Waals surface area contributed by atoms with Crippen LogP contribution < -0.4 is 14.8 Å². The highest BCUT2D eigenvalue weighted by atomic mass is 16.5. The second kappa shape index (κ2) is 5.44. The van der Waals surface area contributed by atoms with Gasteiger partial charge in [0, 0.05) is 17.0 Å². The summed E-state index contributed by atoms with van der Waals surface area (Å²) in [6.07, 6.45) is 1.06. The van der Waals surface area contributed by atoms with Gasteiger partial charge in [0.1, 0.15) is 11.5 Å². The molecule has 0 radical (unpaired) electrons. The minimum atomic E-state index is 0.0367. The minimum Gasteiger partial charge on any atom is -0.496 e. The smallest absolute Gasteiger partial charge is 0.128 e. The Balaban J connectivity index is 1.87. The first-order chi connectivity index (χ1) is 11.6. The molecule has 0 unspecified atom stereocenters. The second-order valence-corrected chi connectivity index (χ2v) is 7.37. The van der Waals surface area contributed by atoms with Crippen LogP contribution in [0.5, 0.6) is 11.5 Å². The molecule has 24 heavy (non-hydrogen) atoms. The van der Waals surface area contributed by atoms with Gasteiger partial charge in [0.15, 0.2) is 0 Å². The molecule has 2 aliphatic heterocycles. The highest BCUT2D eigenvalue weighted by Crippen LogP contribution is 2.54. The Morgan fingerprint density at radius 3 is 2.83 bits per heavy atom. The SMILES string of the molecule is CCc1ccc2c(c1)C(C)(C)[C@H]1COc3cccc(OC)c3[C@H]1N2. The van der Waals surface area contributed by atoms with Gasteiger partial charge in [-0.3, -0.25) is 0 Å². The van der Waals surface area contributed by atoms with Crippen molar-refractivity contribution in [3.63, 3.8) is 0 Å². The van der Waals surface area contributed by atoms with Gasteiger partial charge in [-0.1, -0.05) is 39.0 Å². The van der Waals surface area contributed by atoms with Gasteiger partial charge in [-0.15, -0.1) is 0 Å². The van der Waals surface area contributed by atoms with Crippen LogP contribution in [0.1, 0.15) is 43.5 Å². The van der Waals surface area contributed by atoms with E-state index < -0.39 is 0 Å². The first-order valence-corrected chi connectivity index (χ1v) is 8.76. The van der Waals surface area contributed by atoms with E-state index in [9.17, 15) is 0 Å². The molecule has 2 atom stereocenters. The maximum absolute atomic E-state index is 6.12. The molecule has 0 spiro atoms. The lowest BCUT2D eigenvalue weighted by atomic mass is 9.65. The molecule has 2 heterocycles. The monoisotopic (exact) mass is 323 g/mol. The lowest BCUT2D eigenvalue weighted by Gasteiger charge is -2.48. The van der Waals surface area contributed by atoms with Crippen molar-refractivity contribution in [2.75, 3.05) is 19.0 Å². The van der Waals surface area contributed by atoms with Crippen molar-refractivity contribution in [2.24, 2.45) is 5.92 Å². The van der Waals surface area contributed by atoms with Gasteiger partial charge >= 0.3 is 0 Å². The van der Waals surface area contributed by atoms with Crippen LogP contribution in [0.2, 0.25) is 0 Å². The molecule has 0 saturated heterocycles. The predicted molar refractivity (Wildman–Crippen MR) is 97.2 cm³/mol. The molecule has 3 heteroatoms. The number of hydrogen-bond donors (Lipinski definition) is 1. The highest BCUT2D eigenvalue weighted by Gasteiger charge is 2.47. The summed E-state index contributed by atoms with van der Waals surface area (Å²) in [4.78, 5) is 0. The van der Waals surface area contributed by atoms with Gasteiger partial charge in [-0.2, -0.15) is 0 Å². The molecular formula is C21H25NO2. The average molecular weight is 323 g/mol. The molecular weight excluding hydrogens is 298 g/mol. The van der Waals surface area contributed by atoms with E-state index >= 15 is 0 Å². The van der Waals surface area contributed by atoms with E-state index in [4.69, 9.17) is 9.47 Å². The molecule has 0 aliphatic carbocycles. The first kappa shape index (κ1) is 15.4. The van der Waals surface area contributed by atoms with E-state index in [-0.39, 0.29) is 11.5 Å². The third-order valence-electron chi connectivity index (χ3n) is 5.80. The van der Waals surface area contributed by atoms with E-state index in [0.717, 1.165) is 30.1 Å². The number of methoxy groups -OCH3 is 1. The zero-order valence-corrected chi connectivity index (χ0v) is 14.8. The van der Waals surface area contributed by atoms with Crippen LogP contribution in [0.15, 0.2) is 36.4 Å². The summed E-state index contributed by atoms with van der Waals surface area (Å²) < 4.78 is 11.8. The van der Waals surface area contributed by atoms with Gasteiger partial charge < -0.3 is 14.8 Å². The van der Waals surface area contributed by atoms with Gasteiger partial charge in [0.25, 0.3) is 0 Å². The van der Waals surface area contributed by atoms with E-state index in [2.05, 4.69) is 44.3 Å². The molecule has 0 fully saturated rings. The van der Waals surface area contributed by atoms with E-state index in [0.29, 0.717) is 5.92 Å². The Bertz CT molecular complexity index is 767. The number of fused-ring (bicyclic) bond motifs is 4. The largest absolute Gasteiger partial charge is 0.496 e. The fourth-order valence-corrected chi connectivity index (χ4v) is 4.25. The standard InChI is InChI=1S/C21H25NO2/c1-5-13-9-10-16-14(11-13)21(2,3)15-12-24-18-8-6-7-17(23-4)19(18)20(15)22-16/h6-11,15,20,22H,5,12H2,1-4H3/t15-,20-/m0/s1. The van der Waals surface area contributed by atoms with E-state index in [1.807, 2.05) is 18.2 Å². The molecule has 0 aromatic heterocycles. The Labute approximate surface area is 144 Å². The number of nitrogens with one attached hydrogen (secondary N) is 1. The van der Waals surface area contributed by atoms with Crippen molar-refractivity contribution in [3.8, 4) is 11.5 Å². The fraction of sp³-hybridized carbons (Fsp3) is 0.429. The van der Waals surface area contributed by atoms with Gasteiger partial charge in [0.05, 0.1) is 25.3 Å². The maximum Gasteiger partial charge on any atom is 0.128 e. The number of anilines is 1. The zero-order valence-electron chi connectivity index (χ0n) is 14.8. The summed E-state index contributed by atoms with van der Waals surface area (Å²) in [6.45, 7) is 7.61. The first-order valence-electron chi connectivity index (χ1n) is 8.76. The average Bonchev–Trinajstić information content (AvgIpc) is 2.60. The topological polar surface area (TPSA) is 30.5 Å². The number of hydrogen-bond acceptors (Lipinski definition) is 3. The van der Waals surface area contributed by atoms with Crippen molar-refractivity contribution >= 4 is 5.69 Å². The normalized spacial score (nSPS) is 23.2. The summed E-state index contributed by atoms with van der Waals surface area (Å²) in [5.41, 5.74) is 5.20. The summed E-state index contributed by atoms with van der Waals surface area (Å²) in [5, 5.41) is 3.78. The van der Waals surface area contributed by atoms with Crippen LogP contribution in [0, 0.1) is 5.92 Å². The number of benzene rings is 2. The van der Waals surface area contributed by atoms with Crippen LogP contribution in [0.25, 0.3) is 0 Å². The quantitative estimate of drug-likeness (QED) is 0.868. The zero-order chi connectivity index (χ0) is 16.9. The molecule has 2 aromatic rings. The van der Waals surface area contributed by atoms with Crippen LogP contribution in [0.3, 0.4) is 0 Å². The Hall–Kier alpha value is -2.16. The molecule has 0 saturated carbocycles. The van der Waals surface area contributed by atoms with Crippen LogP contribution in [0.4, 0.5) is 5.69 Å². The van der Waals surface area contributed by atoms with Crippen molar-refractivity contribution in [3.05, 3.63) is 53.1 Å². The summed E-state index contributed by atoms with van der Waals surface area (Å²) in [6, 6.07) is 13.1. The summed E-state index contributed by atoms with van der Waals surface area (Å²) in [7, 11) is 1.73. The molecule has 4 rings (SSSR count). The van der Waals surface area contributed by atoms with E-state index in [1.165, 1.54) is 16.8 Å². The van der Waals surface area contributed by atoms with Gasteiger partial charge in [-0.05, 0) is 35.7 Å². The molecule has 0 bridgehead atoms. The van der Waals surface area contributed by atoms with Gasteiger partial charge in [-0.25, -0.2) is 0 Å². The molecule has 3 nitrogen and oxygen atoms in total. The van der Waals surface area contributed by atoms with Crippen LogP contribution in [-0.2, 0) is 11.8 Å².